The molecule has 0 amide bonds. The highest BCUT2D eigenvalue weighted by molar-refractivity contribution is 6.15. The summed E-state index contributed by atoms with van der Waals surface area (Å²) in [6.45, 7) is 5.62. The molecule has 16 rings (SSSR count). The maximum atomic E-state index is 15.8. The highest BCUT2D eigenvalue weighted by atomic mass is 19.4. The van der Waals surface area contributed by atoms with E-state index < -0.39 is 47.0 Å². The van der Waals surface area contributed by atoms with Gasteiger partial charge in [-0.05, 0) is 176 Å². The van der Waals surface area contributed by atoms with Gasteiger partial charge in [-0.25, -0.2) is 0 Å². The van der Waals surface area contributed by atoms with Crippen LogP contribution in [0.15, 0.2) is 237 Å². The van der Waals surface area contributed by atoms with Gasteiger partial charge in [0.1, 0.15) is 0 Å². The van der Waals surface area contributed by atoms with Gasteiger partial charge < -0.3 is 18.3 Å². The van der Waals surface area contributed by atoms with E-state index in [9.17, 15) is 26.3 Å². The van der Waals surface area contributed by atoms with Gasteiger partial charge in [-0.15, -0.1) is 0 Å². The molecule has 0 saturated heterocycles. The lowest BCUT2D eigenvalue weighted by atomic mass is 9.95. The number of hydrogen-bond acceptors (Lipinski definition) is 0. The maximum absolute atomic E-state index is 15.8. The number of rotatable bonds is 8. The molecule has 0 bridgehead atoms. The summed E-state index contributed by atoms with van der Waals surface area (Å²) in [5, 5.41) is 5.46. The standard InChI is InChI=1S/C80H50F12N4/c1-44-27-30-67-60(32-44)56-19-5-9-23-64(56)93(67)71-40-53(79(87,88)89)41-72(75(71)48-14-12-16-51(37-48)77(81,82)83)94-65-24-10-6-20-57(65)61-36-47(28-31-68(61)94)35-50-39-62-58-21-7-11-25-66(58)96(70(62)34-46(50)3)74-43-54(80(90,91)92)42-73(76(74)49-15-13-17-52(38-49)78(84,85)86)95-63-22-8-4-18-55(63)59-29-26-45(2)33-69(59)95/h4-34,36-43H,35H2,1-3H3. The van der Waals surface area contributed by atoms with Crippen molar-refractivity contribution >= 4 is 87.2 Å². The number of para-hydroxylation sites is 4. The number of aromatic nitrogens is 4. The van der Waals surface area contributed by atoms with Crippen molar-refractivity contribution in [3.63, 3.8) is 0 Å². The minimum absolute atomic E-state index is 0.00238. The van der Waals surface area contributed by atoms with E-state index in [1.807, 2.05) is 112 Å². The maximum Gasteiger partial charge on any atom is 0.416 e. The predicted molar refractivity (Wildman–Crippen MR) is 358 cm³/mol. The number of benzene rings is 12. The fraction of sp³-hybridized carbons (Fsp3) is 0.100. The van der Waals surface area contributed by atoms with Gasteiger partial charge >= 0.3 is 24.7 Å². The molecule has 0 aliphatic rings. The zero-order chi connectivity index (χ0) is 66.6. The fourth-order valence-corrected chi connectivity index (χ4v) is 14.5. The van der Waals surface area contributed by atoms with Crippen molar-refractivity contribution in [2.24, 2.45) is 0 Å². The van der Waals surface area contributed by atoms with Gasteiger partial charge in [0.2, 0.25) is 0 Å². The lowest BCUT2D eigenvalue weighted by molar-refractivity contribution is -0.138. The SMILES string of the molecule is Cc1ccc2c(c1)c1ccccc1n2-c1cc(C(F)(F)F)cc(-n2c3ccccc3c3cc(Cc4cc5c6ccccc6n(-c6cc(C(F)(F)F)cc(-n7c8ccccc8c8ccc(C)cc87)c6-c6cccc(C(F)(F)F)c6)c5cc4C)ccc32)c1-c1cccc(C(F)(F)F)c1. The third-order valence-electron chi connectivity index (χ3n) is 18.7. The normalized spacial score (nSPS) is 12.8. The summed E-state index contributed by atoms with van der Waals surface area (Å²) in [6.07, 6.45) is -19.2. The Balaban J connectivity index is 0.909. The lowest BCUT2D eigenvalue weighted by Crippen LogP contribution is -2.12. The molecule has 0 spiro atoms. The molecule has 12 aromatic carbocycles. The number of nitrogens with zero attached hydrogens (tertiary/aromatic N) is 4. The number of aryl methyl sites for hydroxylation is 3. The van der Waals surface area contributed by atoms with E-state index in [4.69, 9.17) is 0 Å². The van der Waals surface area contributed by atoms with E-state index in [1.165, 1.54) is 24.3 Å². The molecule has 16 aromatic rings. The summed E-state index contributed by atoms with van der Waals surface area (Å²) in [7, 11) is 0. The molecule has 474 valence electrons. The molecule has 0 unspecified atom stereocenters. The van der Waals surface area contributed by atoms with Crippen molar-refractivity contribution in [2.45, 2.75) is 51.9 Å². The van der Waals surface area contributed by atoms with Gasteiger partial charge in [-0.2, -0.15) is 52.7 Å². The Morgan fingerprint density at radius 2 is 0.604 bits per heavy atom. The van der Waals surface area contributed by atoms with Crippen LogP contribution in [-0.2, 0) is 31.1 Å². The average Bonchev–Trinajstić information content (AvgIpc) is 1.54. The van der Waals surface area contributed by atoms with Gasteiger partial charge in [-0.3, -0.25) is 0 Å². The van der Waals surface area contributed by atoms with Crippen molar-refractivity contribution in [2.75, 3.05) is 0 Å². The number of alkyl halides is 12. The Labute approximate surface area is 539 Å². The van der Waals surface area contributed by atoms with Crippen molar-refractivity contribution in [1.29, 1.82) is 0 Å². The van der Waals surface area contributed by atoms with Crippen molar-refractivity contribution < 1.29 is 52.7 Å². The largest absolute Gasteiger partial charge is 0.416 e. The third kappa shape index (κ3) is 9.69. The Bertz CT molecular complexity index is 5920. The van der Waals surface area contributed by atoms with Crippen LogP contribution >= 0.6 is 0 Å². The first-order chi connectivity index (χ1) is 45.9. The first-order valence-corrected chi connectivity index (χ1v) is 30.8. The summed E-state index contributed by atoms with van der Waals surface area (Å²) in [5.74, 6) is 0. The van der Waals surface area contributed by atoms with Gasteiger partial charge in [0, 0.05) is 54.2 Å². The molecule has 4 aromatic heterocycles. The smallest absolute Gasteiger partial charge is 0.309 e. The Morgan fingerprint density at radius 3 is 1.05 bits per heavy atom. The summed E-state index contributed by atoms with van der Waals surface area (Å²) < 4.78 is 191. The molecule has 16 heteroatoms. The first-order valence-electron chi connectivity index (χ1n) is 30.8. The molecule has 0 aliphatic heterocycles. The first kappa shape index (κ1) is 60.0. The zero-order valence-corrected chi connectivity index (χ0v) is 51.0. The molecule has 96 heavy (non-hydrogen) atoms. The molecule has 0 atom stereocenters. The fourth-order valence-electron chi connectivity index (χ4n) is 14.5. The quantitative estimate of drug-likeness (QED) is 0.135. The van der Waals surface area contributed by atoms with Gasteiger partial charge in [0.15, 0.2) is 0 Å². The second kappa shape index (κ2) is 21.5. The van der Waals surface area contributed by atoms with Crippen LogP contribution < -0.4 is 0 Å². The minimum Gasteiger partial charge on any atom is -0.309 e. The Hall–Kier alpha value is -11.0. The van der Waals surface area contributed by atoms with E-state index in [1.54, 1.807) is 91.1 Å². The van der Waals surface area contributed by atoms with Crippen LogP contribution in [0.5, 0.6) is 0 Å². The van der Waals surface area contributed by atoms with Crippen LogP contribution in [0.3, 0.4) is 0 Å². The molecule has 4 nitrogen and oxygen atoms in total. The van der Waals surface area contributed by atoms with Gasteiger partial charge in [0.05, 0.1) is 89.1 Å². The second-order valence-electron chi connectivity index (χ2n) is 24.7. The number of halogens is 12. The van der Waals surface area contributed by atoms with Gasteiger partial charge in [-0.1, -0.05) is 127 Å². The van der Waals surface area contributed by atoms with Crippen molar-refractivity contribution in [1.82, 2.24) is 18.3 Å². The number of hydrogen-bond donors (Lipinski definition) is 0. The Kier molecular flexibility index (Phi) is 13.4. The van der Waals surface area contributed by atoms with Crippen LogP contribution in [0.25, 0.3) is 132 Å². The highest BCUT2D eigenvalue weighted by Gasteiger charge is 2.38. The zero-order valence-electron chi connectivity index (χ0n) is 51.0. The molecule has 0 N–H and O–H groups in total. The van der Waals surface area contributed by atoms with Crippen LogP contribution in [-0.4, -0.2) is 18.3 Å². The third-order valence-corrected chi connectivity index (χ3v) is 18.7. The topological polar surface area (TPSA) is 19.7 Å². The highest BCUT2D eigenvalue weighted by Crippen LogP contribution is 2.50. The number of fused-ring (bicyclic) bond motifs is 12. The molecule has 0 aliphatic carbocycles. The van der Waals surface area contributed by atoms with E-state index in [0.29, 0.717) is 71.2 Å². The van der Waals surface area contributed by atoms with Crippen LogP contribution in [0, 0.1) is 20.8 Å². The minimum atomic E-state index is -4.94. The average molecular weight is 1300 g/mol. The summed E-state index contributed by atoms with van der Waals surface area (Å²) in [5.41, 5.74) is 4.21. The Morgan fingerprint density at radius 1 is 0.260 bits per heavy atom. The summed E-state index contributed by atoms with van der Waals surface area (Å²) in [4.78, 5) is 0. The lowest BCUT2D eigenvalue weighted by Gasteiger charge is -2.23. The van der Waals surface area contributed by atoms with Crippen molar-refractivity contribution in [3.8, 4) is 45.0 Å². The molecular weight excluding hydrogens is 1240 g/mol. The second-order valence-corrected chi connectivity index (χ2v) is 24.7. The molecular formula is C80H50F12N4. The van der Waals surface area contributed by atoms with E-state index in [2.05, 4.69) is 0 Å². The molecule has 0 saturated carbocycles. The van der Waals surface area contributed by atoms with E-state index in [-0.39, 0.29) is 51.4 Å². The van der Waals surface area contributed by atoms with Crippen LogP contribution in [0.4, 0.5) is 52.7 Å². The van der Waals surface area contributed by atoms with E-state index >= 15 is 26.3 Å². The predicted octanol–water partition coefficient (Wildman–Crippen LogP) is 24.0. The summed E-state index contributed by atoms with van der Waals surface area (Å²) >= 11 is 0. The molecule has 0 radical (unpaired) electrons. The van der Waals surface area contributed by atoms with Crippen LogP contribution in [0.1, 0.15) is 50.1 Å². The van der Waals surface area contributed by atoms with Crippen LogP contribution in [0.2, 0.25) is 0 Å². The summed E-state index contributed by atoms with van der Waals surface area (Å²) in [6, 6.07) is 62.7. The van der Waals surface area contributed by atoms with E-state index in [0.717, 1.165) is 92.3 Å². The molecule has 0 fully saturated rings. The monoisotopic (exact) mass is 1290 g/mol. The van der Waals surface area contributed by atoms with Crippen molar-refractivity contribution in [3.05, 3.63) is 287 Å². The molecule has 4 heterocycles. The van der Waals surface area contributed by atoms with Gasteiger partial charge in [0.25, 0.3) is 0 Å².